The molecule has 1 amide bonds. The Balaban J connectivity index is 1.84. The number of carbonyl (C=O) groups excluding carboxylic acids is 1. The Labute approximate surface area is 123 Å². The molecule has 3 N–H and O–H groups in total. The van der Waals surface area contributed by atoms with E-state index in [1.807, 2.05) is 48.5 Å². The van der Waals surface area contributed by atoms with Crippen LogP contribution in [0.15, 0.2) is 48.5 Å². The van der Waals surface area contributed by atoms with Crippen LogP contribution >= 0.6 is 0 Å². The lowest BCUT2D eigenvalue weighted by Crippen LogP contribution is -2.27. The summed E-state index contributed by atoms with van der Waals surface area (Å²) in [7, 11) is 0. The maximum Gasteiger partial charge on any atom is 0.232 e. The van der Waals surface area contributed by atoms with E-state index < -0.39 is 0 Å². The van der Waals surface area contributed by atoms with Gasteiger partial charge in [0.15, 0.2) is 0 Å². The van der Waals surface area contributed by atoms with E-state index in [1.165, 1.54) is 0 Å². The highest BCUT2D eigenvalue weighted by Crippen LogP contribution is 2.32. The van der Waals surface area contributed by atoms with Crippen molar-refractivity contribution in [2.75, 3.05) is 17.2 Å². The predicted octanol–water partition coefficient (Wildman–Crippen LogP) is 2.72. The molecule has 1 atom stereocenters. The second kappa shape index (κ2) is 5.97. The molecule has 1 unspecified atom stereocenters. The molecule has 0 spiro atoms. The second-order valence-corrected chi connectivity index (χ2v) is 5.16. The van der Waals surface area contributed by atoms with Crippen LogP contribution < -0.4 is 10.6 Å². The van der Waals surface area contributed by atoms with E-state index >= 15 is 0 Å². The molecule has 0 saturated carbocycles. The number of anilines is 2. The first kappa shape index (κ1) is 13.6. The molecule has 21 heavy (non-hydrogen) atoms. The van der Waals surface area contributed by atoms with Crippen LogP contribution in [0, 0.1) is 0 Å². The molecular weight excluding hydrogens is 264 g/mol. The van der Waals surface area contributed by atoms with Crippen molar-refractivity contribution in [3.63, 3.8) is 0 Å². The van der Waals surface area contributed by atoms with E-state index in [-0.39, 0.29) is 18.4 Å². The summed E-state index contributed by atoms with van der Waals surface area (Å²) < 4.78 is 0. The monoisotopic (exact) mass is 282 g/mol. The number of hydrogen-bond donors (Lipinski definition) is 3. The molecule has 4 nitrogen and oxygen atoms in total. The molecule has 2 aromatic rings. The number of carbonyl (C=O) groups is 1. The third-order valence-electron chi connectivity index (χ3n) is 3.85. The number of para-hydroxylation sites is 2. The summed E-state index contributed by atoms with van der Waals surface area (Å²) in [5.41, 5.74) is 3.47. The number of rotatable bonds is 3. The van der Waals surface area contributed by atoms with Crippen molar-refractivity contribution < 1.29 is 9.90 Å². The normalized spacial score (nSPS) is 16.7. The third kappa shape index (κ3) is 2.76. The highest BCUT2D eigenvalue weighted by atomic mass is 16.3. The lowest BCUT2D eigenvalue weighted by Gasteiger charge is -2.26. The van der Waals surface area contributed by atoms with Crippen LogP contribution in [0.4, 0.5) is 11.4 Å². The Morgan fingerprint density at radius 3 is 2.81 bits per heavy atom. The predicted molar refractivity (Wildman–Crippen MR) is 83.3 cm³/mol. The summed E-state index contributed by atoms with van der Waals surface area (Å²) >= 11 is 0. The first-order valence-electron chi connectivity index (χ1n) is 7.12. The first-order chi connectivity index (χ1) is 10.3. The van der Waals surface area contributed by atoms with Crippen LogP contribution in [0.3, 0.4) is 0 Å². The van der Waals surface area contributed by atoms with Crippen LogP contribution in [0.1, 0.15) is 23.5 Å². The maximum atomic E-state index is 12.6. The van der Waals surface area contributed by atoms with Gasteiger partial charge in [0.25, 0.3) is 0 Å². The number of fused-ring (bicyclic) bond motifs is 1. The number of aliphatic hydroxyl groups excluding tert-OH is 1. The van der Waals surface area contributed by atoms with Crippen LogP contribution in [0.2, 0.25) is 0 Å². The van der Waals surface area contributed by atoms with Gasteiger partial charge in [-0.1, -0.05) is 36.4 Å². The van der Waals surface area contributed by atoms with E-state index in [4.69, 9.17) is 0 Å². The van der Waals surface area contributed by atoms with Crippen LogP contribution in [0.25, 0.3) is 0 Å². The summed E-state index contributed by atoms with van der Waals surface area (Å²) in [5.74, 6) is -0.181. The standard InChI is InChI=1S/C17H18N2O2/c20-11-12-5-1-3-7-15(12)19-17(21)14-9-10-18-16-8-4-2-6-13(14)16/h1-8,14,18,20H,9-11H2,(H,19,21). The van der Waals surface area contributed by atoms with E-state index in [1.54, 1.807) is 0 Å². The summed E-state index contributed by atoms with van der Waals surface area (Å²) in [4.78, 5) is 12.6. The van der Waals surface area contributed by atoms with Crippen LogP contribution in [-0.4, -0.2) is 17.6 Å². The fourth-order valence-corrected chi connectivity index (χ4v) is 2.74. The molecule has 1 aliphatic heterocycles. The molecule has 1 aliphatic rings. The van der Waals surface area contributed by atoms with E-state index in [9.17, 15) is 9.90 Å². The Morgan fingerprint density at radius 1 is 1.19 bits per heavy atom. The summed E-state index contributed by atoms with van der Waals surface area (Å²) in [6.45, 7) is 0.704. The van der Waals surface area contributed by atoms with Gasteiger partial charge in [-0.15, -0.1) is 0 Å². The summed E-state index contributed by atoms with van der Waals surface area (Å²) in [6, 6.07) is 15.2. The molecule has 3 rings (SSSR count). The van der Waals surface area contributed by atoms with Crippen molar-refractivity contribution in [1.29, 1.82) is 0 Å². The lowest BCUT2D eigenvalue weighted by molar-refractivity contribution is -0.117. The number of benzene rings is 2. The van der Waals surface area contributed by atoms with Gasteiger partial charge in [-0.3, -0.25) is 4.79 Å². The molecule has 0 radical (unpaired) electrons. The average Bonchev–Trinajstić information content (AvgIpc) is 2.54. The van der Waals surface area contributed by atoms with Crippen molar-refractivity contribution in [2.24, 2.45) is 0 Å². The van der Waals surface area contributed by atoms with Gasteiger partial charge in [-0.05, 0) is 24.1 Å². The smallest absolute Gasteiger partial charge is 0.232 e. The van der Waals surface area contributed by atoms with E-state index in [0.29, 0.717) is 5.69 Å². The fourth-order valence-electron chi connectivity index (χ4n) is 2.74. The van der Waals surface area contributed by atoms with Gasteiger partial charge in [0, 0.05) is 23.5 Å². The van der Waals surface area contributed by atoms with Crippen molar-refractivity contribution in [1.82, 2.24) is 0 Å². The van der Waals surface area contributed by atoms with Gasteiger partial charge < -0.3 is 15.7 Å². The van der Waals surface area contributed by atoms with Gasteiger partial charge >= 0.3 is 0 Å². The van der Waals surface area contributed by atoms with Crippen LogP contribution in [0.5, 0.6) is 0 Å². The highest BCUT2D eigenvalue weighted by Gasteiger charge is 2.26. The fraction of sp³-hybridized carbons (Fsp3) is 0.235. The van der Waals surface area contributed by atoms with Crippen molar-refractivity contribution in [2.45, 2.75) is 18.9 Å². The van der Waals surface area contributed by atoms with Gasteiger partial charge in [0.05, 0.1) is 12.5 Å². The van der Waals surface area contributed by atoms with E-state index in [0.717, 1.165) is 29.8 Å². The Kier molecular flexibility index (Phi) is 3.88. The minimum atomic E-state index is -0.158. The molecule has 0 fully saturated rings. The minimum absolute atomic E-state index is 0.0233. The van der Waals surface area contributed by atoms with Crippen molar-refractivity contribution >= 4 is 17.3 Å². The minimum Gasteiger partial charge on any atom is -0.392 e. The molecule has 0 aliphatic carbocycles. The van der Waals surface area contributed by atoms with Crippen LogP contribution in [-0.2, 0) is 11.4 Å². The zero-order chi connectivity index (χ0) is 14.7. The van der Waals surface area contributed by atoms with Crippen molar-refractivity contribution in [3.8, 4) is 0 Å². The van der Waals surface area contributed by atoms with Gasteiger partial charge in [0.1, 0.15) is 0 Å². The number of hydrogen-bond acceptors (Lipinski definition) is 3. The van der Waals surface area contributed by atoms with E-state index in [2.05, 4.69) is 10.6 Å². The molecule has 0 aromatic heterocycles. The Morgan fingerprint density at radius 2 is 1.95 bits per heavy atom. The maximum absolute atomic E-state index is 12.6. The number of nitrogens with one attached hydrogen (secondary N) is 2. The molecule has 1 heterocycles. The second-order valence-electron chi connectivity index (χ2n) is 5.16. The molecule has 108 valence electrons. The highest BCUT2D eigenvalue weighted by molar-refractivity contribution is 5.97. The molecule has 0 bridgehead atoms. The summed E-state index contributed by atoms with van der Waals surface area (Å²) in [6.07, 6.45) is 0.768. The molecule has 0 saturated heterocycles. The van der Waals surface area contributed by atoms with Gasteiger partial charge in [-0.2, -0.15) is 0 Å². The number of amides is 1. The summed E-state index contributed by atoms with van der Waals surface area (Å²) in [5, 5.41) is 15.6. The van der Waals surface area contributed by atoms with Gasteiger partial charge in [0.2, 0.25) is 5.91 Å². The zero-order valence-corrected chi connectivity index (χ0v) is 11.7. The topological polar surface area (TPSA) is 61.4 Å². The number of aliphatic hydroxyl groups is 1. The SMILES string of the molecule is O=C(Nc1ccccc1CO)C1CCNc2ccccc21. The van der Waals surface area contributed by atoms with Crippen molar-refractivity contribution in [3.05, 3.63) is 59.7 Å². The Bertz CT molecular complexity index is 655. The zero-order valence-electron chi connectivity index (χ0n) is 11.7. The van der Waals surface area contributed by atoms with Gasteiger partial charge in [-0.25, -0.2) is 0 Å². The average molecular weight is 282 g/mol. The molecular formula is C17H18N2O2. The lowest BCUT2D eigenvalue weighted by atomic mass is 9.90. The third-order valence-corrected chi connectivity index (χ3v) is 3.85. The molecule has 2 aromatic carbocycles. The Hall–Kier alpha value is -2.33. The largest absolute Gasteiger partial charge is 0.392 e. The first-order valence-corrected chi connectivity index (χ1v) is 7.12. The molecule has 4 heteroatoms. The quantitative estimate of drug-likeness (QED) is 0.811.